The fourth-order valence-electron chi connectivity index (χ4n) is 6.32. The van der Waals surface area contributed by atoms with Crippen molar-refractivity contribution >= 4 is 34.3 Å². The topological polar surface area (TPSA) is 79.4 Å². The third kappa shape index (κ3) is 2.84. The van der Waals surface area contributed by atoms with Crippen LogP contribution in [-0.4, -0.2) is 33.6 Å². The predicted molar refractivity (Wildman–Crippen MR) is 116 cm³/mol. The van der Waals surface area contributed by atoms with E-state index in [1.54, 1.807) is 11.1 Å². The zero-order valence-corrected chi connectivity index (χ0v) is 17.2. The summed E-state index contributed by atoms with van der Waals surface area (Å²) < 4.78 is 0. The largest absolute Gasteiger partial charge is 0.324 e. The highest BCUT2D eigenvalue weighted by Gasteiger charge is 2.60. The van der Waals surface area contributed by atoms with Gasteiger partial charge in [0.25, 0.3) is 0 Å². The summed E-state index contributed by atoms with van der Waals surface area (Å²) in [6, 6.07) is 9.57. The Kier molecular flexibility index (Phi) is 4.23. The third-order valence-electron chi connectivity index (χ3n) is 7.83. The molecule has 2 bridgehead atoms. The molecule has 1 aliphatic heterocycles. The first-order chi connectivity index (χ1) is 15.1. The first-order valence-corrected chi connectivity index (χ1v) is 11.3. The smallest absolute Gasteiger partial charge is 0.233 e. The van der Waals surface area contributed by atoms with Gasteiger partial charge in [-0.25, -0.2) is 0 Å². The lowest BCUT2D eigenvalue weighted by Gasteiger charge is -2.33. The summed E-state index contributed by atoms with van der Waals surface area (Å²) >= 11 is 0. The number of allylic oxidation sites excluding steroid dienone is 2. The summed E-state index contributed by atoms with van der Waals surface area (Å²) in [5.74, 6) is 0.156. The van der Waals surface area contributed by atoms with E-state index < -0.39 is 0 Å². The van der Waals surface area contributed by atoms with E-state index >= 15 is 0 Å². The van der Waals surface area contributed by atoms with Crippen LogP contribution in [0.5, 0.6) is 0 Å². The zero-order valence-electron chi connectivity index (χ0n) is 17.2. The molecule has 2 aromatic rings. The lowest BCUT2D eigenvalue weighted by molar-refractivity contribution is -0.144. The van der Waals surface area contributed by atoms with Crippen LogP contribution in [0.1, 0.15) is 32.1 Å². The summed E-state index contributed by atoms with van der Waals surface area (Å²) in [6.45, 7) is 0. The molecule has 6 rings (SSSR count). The maximum Gasteiger partial charge on any atom is 0.233 e. The van der Waals surface area contributed by atoms with E-state index in [0.717, 1.165) is 23.0 Å². The van der Waals surface area contributed by atoms with Gasteiger partial charge >= 0.3 is 0 Å². The fourth-order valence-corrected chi connectivity index (χ4v) is 6.32. The maximum absolute atomic E-state index is 13.1. The van der Waals surface area contributed by atoms with Crippen molar-refractivity contribution in [3.8, 4) is 0 Å². The lowest BCUT2D eigenvalue weighted by Crippen LogP contribution is -2.44. The molecular formula is C25H25N3O3. The van der Waals surface area contributed by atoms with Crippen LogP contribution in [0.4, 0.5) is 5.69 Å². The summed E-state index contributed by atoms with van der Waals surface area (Å²) in [4.78, 5) is 45.0. The standard InChI is InChI=1S/C25H25N3O3/c29-23(27-19-5-1-3-14-4-2-12-26-22(14)19)15-8-10-18(11-9-15)28-24(30)20-16-6-7-17(13-16)21(20)25(28)31/h1-7,12,15-18,20-21H,8-11,13H2,(H,27,29)/t15?,16-,17?,18?,20-,21+/m1/s1. The Morgan fingerprint density at radius 3 is 2.32 bits per heavy atom. The third-order valence-corrected chi connectivity index (χ3v) is 7.83. The maximum atomic E-state index is 13.1. The van der Waals surface area contributed by atoms with Gasteiger partial charge in [-0.1, -0.05) is 30.4 Å². The van der Waals surface area contributed by atoms with E-state index in [-0.39, 0.29) is 53.4 Å². The lowest BCUT2D eigenvalue weighted by atomic mass is 9.84. The molecule has 1 aromatic carbocycles. The summed E-state index contributed by atoms with van der Waals surface area (Å²) in [7, 11) is 0. The average Bonchev–Trinajstić information content (AvgIpc) is 3.48. The van der Waals surface area contributed by atoms with E-state index in [2.05, 4.69) is 22.5 Å². The molecule has 158 valence electrons. The minimum absolute atomic E-state index is 0.00482. The van der Waals surface area contributed by atoms with Crippen molar-refractivity contribution in [3.63, 3.8) is 0 Å². The fraction of sp³-hybridized carbons (Fsp3) is 0.440. The molecule has 3 amide bonds. The van der Waals surface area contributed by atoms with Gasteiger partial charge in [0.15, 0.2) is 0 Å². The number of rotatable bonds is 3. The number of carbonyl (C=O) groups is 3. The molecule has 6 nitrogen and oxygen atoms in total. The van der Waals surface area contributed by atoms with Gasteiger partial charge in [0.05, 0.1) is 23.0 Å². The zero-order chi connectivity index (χ0) is 21.1. The molecular weight excluding hydrogens is 390 g/mol. The van der Waals surface area contributed by atoms with Crippen LogP contribution in [0, 0.1) is 29.6 Å². The van der Waals surface area contributed by atoms with Crippen molar-refractivity contribution < 1.29 is 14.4 Å². The summed E-state index contributed by atoms with van der Waals surface area (Å²) in [5.41, 5.74) is 1.51. The monoisotopic (exact) mass is 415 g/mol. The number of likely N-dealkylation sites (tertiary alicyclic amines) is 1. The Morgan fingerprint density at radius 1 is 0.935 bits per heavy atom. The summed E-state index contributed by atoms with van der Waals surface area (Å²) in [6.07, 6.45) is 9.71. The SMILES string of the molecule is O=C(Nc1cccc2cccnc12)C1CCC(N2C(=O)[C@@H]3[C@@H]4C=CC(C4)[C@@H]3C2=O)CC1. The quantitative estimate of drug-likeness (QED) is 0.614. The van der Waals surface area contributed by atoms with E-state index in [1.807, 2.05) is 30.3 Å². The molecule has 2 heterocycles. The number of amides is 3. The molecule has 4 atom stereocenters. The number of anilines is 1. The van der Waals surface area contributed by atoms with Crippen LogP contribution < -0.4 is 5.32 Å². The molecule has 6 heteroatoms. The normalized spacial score (nSPS) is 33.9. The molecule has 3 aliphatic carbocycles. The first-order valence-electron chi connectivity index (χ1n) is 11.3. The van der Waals surface area contributed by atoms with Crippen molar-refractivity contribution in [3.05, 3.63) is 48.7 Å². The second-order valence-electron chi connectivity index (χ2n) is 9.42. The highest BCUT2D eigenvalue weighted by Crippen LogP contribution is 2.53. The number of nitrogens with zero attached hydrogens (tertiary/aromatic N) is 2. The van der Waals surface area contributed by atoms with Gasteiger partial charge in [0.1, 0.15) is 0 Å². The molecule has 3 fully saturated rings. The van der Waals surface area contributed by atoms with Gasteiger partial charge in [-0.05, 0) is 56.1 Å². The van der Waals surface area contributed by atoms with Crippen molar-refractivity contribution in [2.75, 3.05) is 5.32 Å². The van der Waals surface area contributed by atoms with Gasteiger partial charge in [-0.3, -0.25) is 24.3 Å². The molecule has 1 aromatic heterocycles. The number of hydrogen-bond donors (Lipinski definition) is 1. The van der Waals surface area contributed by atoms with Crippen LogP contribution in [-0.2, 0) is 14.4 Å². The van der Waals surface area contributed by atoms with Crippen molar-refractivity contribution in [1.82, 2.24) is 9.88 Å². The van der Waals surface area contributed by atoms with Crippen LogP contribution in [0.15, 0.2) is 48.7 Å². The minimum Gasteiger partial charge on any atom is -0.324 e. The highest BCUT2D eigenvalue weighted by molar-refractivity contribution is 6.07. The van der Waals surface area contributed by atoms with Gasteiger partial charge in [0, 0.05) is 23.5 Å². The number of nitrogens with one attached hydrogen (secondary N) is 1. The second kappa shape index (κ2) is 7.01. The molecule has 1 unspecified atom stereocenters. The Morgan fingerprint density at radius 2 is 1.61 bits per heavy atom. The van der Waals surface area contributed by atoms with Gasteiger partial charge in [-0.15, -0.1) is 0 Å². The average molecular weight is 415 g/mol. The molecule has 1 saturated heterocycles. The number of hydrogen-bond acceptors (Lipinski definition) is 4. The number of aromatic nitrogens is 1. The number of imide groups is 1. The van der Waals surface area contributed by atoms with Gasteiger partial charge < -0.3 is 5.32 Å². The molecule has 0 radical (unpaired) electrons. The van der Waals surface area contributed by atoms with Gasteiger partial charge in [-0.2, -0.15) is 0 Å². The van der Waals surface area contributed by atoms with Crippen molar-refractivity contribution in [2.24, 2.45) is 29.6 Å². The number of para-hydroxylation sites is 1. The Hall–Kier alpha value is -3.02. The molecule has 0 spiro atoms. The van der Waals surface area contributed by atoms with Crippen LogP contribution >= 0.6 is 0 Å². The number of fused-ring (bicyclic) bond motifs is 6. The Balaban J connectivity index is 1.12. The molecule has 4 aliphatic rings. The molecule has 2 saturated carbocycles. The summed E-state index contributed by atoms with van der Waals surface area (Å²) in [5, 5.41) is 4.04. The Bertz CT molecular complexity index is 1080. The number of carbonyl (C=O) groups excluding carboxylic acids is 3. The second-order valence-corrected chi connectivity index (χ2v) is 9.42. The predicted octanol–water partition coefficient (Wildman–Crippen LogP) is 3.54. The first kappa shape index (κ1) is 18.7. The minimum atomic E-state index is -0.137. The van der Waals surface area contributed by atoms with Gasteiger partial charge in [0.2, 0.25) is 17.7 Å². The van der Waals surface area contributed by atoms with Crippen LogP contribution in [0.2, 0.25) is 0 Å². The van der Waals surface area contributed by atoms with E-state index in [1.165, 1.54) is 0 Å². The Labute approximate surface area is 180 Å². The van der Waals surface area contributed by atoms with E-state index in [4.69, 9.17) is 0 Å². The number of pyridine rings is 1. The van der Waals surface area contributed by atoms with Crippen molar-refractivity contribution in [1.29, 1.82) is 0 Å². The van der Waals surface area contributed by atoms with Crippen LogP contribution in [0.25, 0.3) is 10.9 Å². The highest BCUT2D eigenvalue weighted by atomic mass is 16.2. The molecule has 31 heavy (non-hydrogen) atoms. The van der Waals surface area contributed by atoms with E-state index in [0.29, 0.717) is 25.7 Å². The number of benzene rings is 1. The van der Waals surface area contributed by atoms with E-state index in [9.17, 15) is 14.4 Å². The molecule has 1 N–H and O–H groups in total. The van der Waals surface area contributed by atoms with Crippen LogP contribution in [0.3, 0.4) is 0 Å². The van der Waals surface area contributed by atoms with Crippen molar-refractivity contribution in [2.45, 2.75) is 38.1 Å².